The molecule has 1 aromatic rings. The van der Waals surface area contributed by atoms with Crippen LogP contribution in [0.25, 0.3) is 0 Å². The number of hydrogen-bond acceptors (Lipinski definition) is 5. The summed E-state index contributed by atoms with van der Waals surface area (Å²) < 4.78 is 4.53. The van der Waals surface area contributed by atoms with Crippen LogP contribution in [-0.4, -0.2) is 24.9 Å². The molecule has 96 valence electrons. The minimum absolute atomic E-state index is 0.423. The lowest BCUT2D eigenvalue weighted by Gasteiger charge is -2.09. The highest BCUT2D eigenvalue weighted by atomic mass is 35.5. The zero-order chi connectivity index (χ0) is 13.5. The van der Waals surface area contributed by atoms with Gasteiger partial charge in [-0.1, -0.05) is 17.7 Å². The van der Waals surface area contributed by atoms with Gasteiger partial charge in [-0.2, -0.15) is 17.0 Å². The van der Waals surface area contributed by atoms with Crippen LogP contribution >= 0.6 is 23.4 Å². The standard InChI is InChI=1S/C12H13ClN2O2S/c1-17-12(16)11(15)7-18-6-9-3-2-8(5-14)4-10(9)13/h2-4,11H,6-7,15H2,1H3. The van der Waals surface area contributed by atoms with Gasteiger partial charge in [0.2, 0.25) is 0 Å². The van der Waals surface area contributed by atoms with Crippen LogP contribution in [0.2, 0.25) is 5.02 Å². The monoisotopic (exact) mass is 284 g/mol. The number of halogens is 1. The zero-order valence-corrected chi connectivity index (χ0v) is 11.4. The fraction of sp³-hybridized carbons (Fsp3) is 0.333. The molecular weight excluding hydrogens is 272 g/mol. The number of nitriles is 1. The first-order valence-electron chi connectivity index (χ1n) is 5.18. The molecule has 0 heterocycles. The van der Waals surface area contributed by atoms with Gasteiger partial charge < -0.3 is 10.5 Å². The average molecular weight is 285 g/mol. The number of carbonyl (C=O) groups is 1. The Hall–Kier alpha value is -1.22. The van der Waals surface area contributed by atoms with Crippen molar-refractivity contribution >= 4 is 29.3 Å². The van der Waals surface area contributed by atoms with E-state index in [1.165, 1.54) is 18.9 Å². The number of rotatable bonds is 5. The highest BCUT2D eigenvalue weighted by Gasteiger charge is 2.13. The van der Waals surface area contributed by atoms with Crippen LogP contribution in [0.3, 0.4) is 0 Å². The maximum absolute atomic E-state index is 11.1. The van der Waals surface area contributed by atoms with Crippen LogP contribution in [0.15, 0.2) is 18.2 Å². The Morgan fingerprint density at radius 1 is 1.67 bits per heavy atom. The first-order chi connectivity index (χ1) is 8.58. The van der Waals surface area contributed by atoms with Gasteiger partial charge in [0.15, 0.2) is 0 Å². The molecule has 0 aliphatic rings. The number of methoxy groups -OCH3 is 1. The number of nitrogens with two attached hydrogens (primary N) is 1. The predicted molar refractivity (Wildman–Crippen MR) is 72.3 cm³/mol. The third-order valence-corrected chi connectivity index (χ3v) is 3.70. The number of thioether (sulfide) groups is 1. The Balaban J connectivity index is 2.50. The van der Waals surface area contributed by atoms with Crippen LogP contribution < -0.4 is 5.73 Å². The number of esters is 1. The fourth-order valence-corrected chi connectivity index (χ4v) is 2.56. The number of ether oxygens (including phenoxy) is 1. The van der Waals surface area contributed by atoms with Crippen molar-refractivity contribution in [3.8, 4) is 6.07 Å². The SMILES string of the molecule is COC(=O)C(N)CSCc1ccc(C#N)cc1Cl. The fourth-order valence-electron chi connectivity index (χ4n) is 1.25. The molecule has 2 N–H and O–H groups in total. The van der Waals surface area contributed by atoms with E-state index in [0.717, 1.165) is 5.56 Å². The lowest BCUT2D eigenvalue weighted by molar-refractivity contribution is -0.141. The molecule has 6 heteroatoms. The molecule has 1 atom stereocenters. The molecule has 1 aromatic carbocycles. The first kappa shape index (κ1) is 14.8. The minimum Gasteiger partial charge on any atom is -0.468 e. The smallest absolute Gasteiger partial charge is 0.323 e. The molecule has 0 aliphatic carbocycles. The van der Waals surface area contributed by atoms with Gasteiger partial charge in [-0.15, -0.1) is 0 Å². The molecule has 0 aliphatic heterocycles. The molecule has 0 aromatic heterocycles. The second kappa shape index (κ2) is 7.27. The summed E-state index contributed by atoms with van der Waals surface area (Å²) in [5, 5.41) is 9.26. The van der Waals surface area contributed by atoms with E-state index in [4.69, 9.17) is 22.6 Å². The summed E-state index contributed by atoms with van der Waals surface area (Å²) in [4.78, 5) is 11.1. The van der Waals surface area contributed by atoms with E-state index >= 15 is 0 Å². The molecule has 0 spiro atoms. The molecule has 1 rings (SSSR count). The van der Waals surface area contributed by atoms with Crippen molar-refractivity contribution < 1.29 is 9.53 Å². The lowest BCUT2D eigenvalue weighted by Crippen LogP contribution is -2.33. The summed E-state index contributed by atoms with van der Waals surface area (Å²) in [7, 11) is 1.31. The van der Waals surface area contributed by atoms with E-state index in [-0.39, 0.29) is 0 Å². The van der Waals surface area contributed by atoms with Gasteiger partial charge in [-0.25, -0.2) is 0 Å². The maximum Gasteiger partial charge on any atom is 0.323 e. The number of benzene rings is 1. The van der Waals surface area contributed by atoms with Crippen molar-refractivity contribution in [2.24, 2.45) is 5.73 Å². The third kappa shape index (κ3) is 4.22. The molecule has 0 fully saturated rings. The van der Waals surface area contributed by atoms with Crippen molar-refractivity contribution in [3.63, 3.8) is 0 Å². The summed E-state index contributed by atoms with van der Waals surface area (Å²) in [5.41, 5.74) is 7.05. The van der Waals surface area contributed by atoms with Crippen LogP contribution in [0.1, 0.15) is 11.1 Å². The number of carbonyl (C=O) groups excluding carboxylic acids is 1. The molecule has 0 saturated carbocycles. The summed E-state index contributed by atoms with van der Waals surface area (Å²) in [6.07, 6.45) is 0. The van der Waals surface area contributed by atoms with E-state index in [2.05, 4.69) is 4.74 Å². The second-order valence-electron chi connectivity index (χ2n) is 3.56. The van der Waals surface area contributed by atoms with Crippen molar-refractivity contribution in [2.45, 2.75) is 11.8 Å². The molecule has 0 amide bonds. The Labute approximate surface area is 115 Å². The van der Waals surface area contributed by atoms with Crippen molar-refractivity contribution in [1.82, 2.24) is 0 Å². The largest absolute Gasteiger partial charge is 0.468 e. The van der Waals surface area contributed by atoms with Gasteiger partial charge in [0, 0.05) is 16.5 Å². The van der Waals surface area contributed by atoms with Crippen LogP contribution in [0.5, 0.6) is 0 Å². The second-order valence-corrected chi connectivity index (χ2v) is 5.00. The highest BCUT2D eigenvalue weighted by molar-refractivity contribution is 7.98. The van der Waals surface area contributed by atoms with Crippen LogP contribution in [-0.2, 0) is 15.3 Å². The molecule has 0 radical (unpaired) electrons. The van der Waals surface area contributed by atoms with Crippen molar-refractivity contribution in [1.29, 1.82) is 5.26 Å². The van der Waals surface area contributed by atoms with Crippen LogP contribution in [0.4, 0.5) is 0 Å². The van der Waals surface area contributed by atoms with Gasteiger partial charge in [0.25, 0.3) is 0 Å². The van der Waals surface area contributed by atoms with Gasteiger partial charge in [0.05, 0.1) is 18.7 Å². The number of hydrogen-bond donors (Lipinski definition) is 1. The first-order valence-corrected chi connectivity index (χ1v) is 6.71. The predicted octanol–water partition coefficient (Wildman–Crippen LogP) is 1.95. The van der Waals surface area contributed by atoms with E-state index in [1.807, 2.05) is 6.07 Å². The molecule has 18 heavy (non-hydrogen) atoms. The Morgan fingerprint density at radius 3 is 2.94 bits per heavy atom. The maximum atomic E-state index is 11.1. The normalized spacial score (nSPS) is 11.7. The minimum atomic E-state index is -0.628. The van der Waals surface area contributed by atoms with E-state index in [9.17, 15) is 4.79 Å². The molecule has 4 nitrogen and oxygen atoms in total. The van der Waals surface area contributed by atoms with Crippen molar-refractivity contribution in [2.75, 3.05) is 12.9 Å². The highest BCUT2D eigenvalue weighted by Crippen LogP contribution is 2.22. The molecular formula is C12H13ClN2O2S. The summed E-state index contributed by atoms with van der Waals surface area (Å²) in [6, 6.07) is 6.53. The average Bonchev–Trinajstić information content (AvgIpc) is 2.39. The number of nitrogens with zero attached hydrogens (tertiary/aromatic N) is 1. The Kier molecular flexibility index (Phi) is 5.99. The molecule has 1 unspecified atom stereocenters. The molecule has 0 bridgehead atoms. The summed E-state index contributed by atoms with van der Waals surface area (Å²) >= 11 is 7.52. The third-order valence-electron chi connectivity index (χ3n) is 2.24. The van der Waals surface area contributed by atoms with Gasteiger partial charge in [-0.3, -0.25) is 4.79 Å². The van der Waals surface area contributed by atoms with E-state index < -0.39 is 12.0 Å². The quantitative estimate of drug-likeness (QED) is 0.836. The zero-order valence-electron chi connectivity index (χ0n) is 9.85. The topological polar surface area (TPSA) is 76.1 Å². The van der Waals surface area contributed by atoms with E-state index in [1.54, 1.807) is 18.2 Å². The van der Waals surface area contributed by atoms with Gasteiger partial charge in [-0.05, 0) is 17.7 Å². The van der Waals surface area contributed by atoms with Crippen molar-refractivity contribution in [3.05, 3.63) is 34.3 Å². The van der Waals surface area contributed by atoms with Gasteiger partial charge >= 0.3 is 5.97 Å². The van der Waals surface area contributed by atoms with E-state index in [0.29, 0.717) is 22.1 Å². The van der Waals surface area contributed by atoms with Gasteiger partial charge in [0.1, 0.15) is 6.04 Å². The summed E-state index contributed by atoms with van der Waals surface area (Å²) in [5.74, 6) is 0.673. The lowest BCUT2D eigenvalue weighted by atomic mass is 10.2. The Morgan fingerprint density at radius 2 is 2.39 bits per heavy atom. The Bertz CT molecular complexity index is 474. The van der Waals surface area contributed by atoms with Crippen LogP contribution in [0, 0.1) is 11.3 Å². The summed E-state index contributed by atoms with van der Waals surface area (Å²) in [6.45, 7) is 0. The molecule has 0 saturated heterocycles.